The molecule has 2 aromatic heterocycles. The minimum atomic E-state index is 0.135. The predicted octanol–water partition coefficient (Wildman–Crippen LogP) is 0.796. The lowest BCUT2D eigenvalue weighted by Crippen LogP contribution is -2.29. The van der Waals surface area contributed by atoms with Crippen LogP contribution < -0.4 is 10.6 Å². The van der Waals surface area contributed by atoms with Crippen LogP contribution in [0.25, 0.3) is 5.65 Å². The van der Waals surface area contributed by atoms with Gasteiger partial charge in [-0.05, 0) is 19.8 Å². The van der Waals surface area contributed by atoms with Crippen LogP contribution in [0.5, 0.6) is 0 Å². The highest BCUT2D eigenvalue weighted by atomic mass is 16.1. The fraction of sp³-hybridized carbons (Fsp3) is 0.500. The van der Waals surface area contributed by atoms with Gasteiger partial charge >= 0.3 is 0 Å². The van der Waals surface area contributed by atoms with Crippen LogP contribution in [0, 0.1) is 6.92 Å². The van der Waals surface area contributed by atoms with Crippen molar-refractivity contribution in [3.63, 3.8) is 0 Å². The molecule has 20 heavy (non-hydrogen) atoms. The van der Waals surface area contributed by atoms with E-state index in [2.05, 4.69) is 20.7 Å². The molecular weight excluding hydrogens is 254 g/mol. The van der Waals surface area contributed by atoms with Gasteiger partial charge in [0.05, 0.1) is 5.69 Å². The molecule has 1 aliphatic rings. The van der Waals surface area contributed by atoms with Gasteiger partial charge in [-0.2, -0.15) is 5.10 Å². The number of aromatic nitrogens is 3. The summed E-state index contributed by atoms with van der Waals surface area (Å²) >= 11 is 0. The second-order valence-electron chi connectivity index (χ2n) is 5.32. The molecule has 2 N–H and O–H groups in total. The third-order valence-electron chi connectivity index (χ3n) is 3.29. The molecule has 1 amide bonds. The van der Waals surface area contributed by atoms with Crippen molar-refractivity contribution in [2.75, 3.05) is 6.54 Å². The summed E-state index contributed by atoms with van der Waals surface area (Å²) in [7, 11) is 0. The maximum Gasteiger partial charge on any atom is 0.221 e. The van der Waals surface area contributed by atoms with E-state index in [4.69, 9.17) is 0 Å². The van der Waals surface area contributed by atoms with Crippen molar-refractivity contribution in [2.24, 2.45) is 0 Å². The molecule has 2 heterocycles. The minimum absolute atomic E-state index is 0.135. The lowest BCUT2D eigenvalue weighted by Gasteiger charge is -2.05. The van der Waals surface area contributed by atoms with Gasteiger partial charge in [0.2, 0.25) is 5.91 Å². The monoisotopic (exact) mass is 273 g/mol. The first-order chi connectivity index (χ1) is 9.70. The van der Waals surface area contributed by atoms with Crippen LogP contribution in [-0.4, -0.2) is 33.1 Å². The third-order valence-corrected chi connectivity index (χ3v) is 3.29. The van der Waals surface area contributed by atoms with Crippen molar-refractivity contribution in [3.8, 4) is 0 Å². The second-order valence-corrected chi connectivity index (χ2v) is 5.32. The number of aryl methyl sites for hydroxylation is 1. The van der Waals surface area contributed by atoms with Crippen LogP contribution in [0.4, 0.5) is 0 Å². The number of carbonyl (C=O) groups excluding carboxylic acids is 1. The molecule has 1 fully saturated rings. The first-order valence-corrected chi connectivity index (χ1v) is 7.02. The van der Waals surface area contributed by atoms with Crippen molar-refractivity contribution in [3.05, 3.63) is 29.7 Å². The Morgan fingerprint density at radius 2 is 2.35 bits per heavy atom. The number of amides is 1. The zero-order chi connectivity index (χ0) is 13.9. The fourth-order valence-electron chi connectivity index (χ4n) is 2.09. The SMILES string of the molecule is Cc1cc2ncc(CNCCC(=O)NC3CC3)cn2n1. The van der Waals surface area contributed by atoms with E-state index in [1.807, 2.05) is 25.4 Å². The molecule has 0 radical (unpaired) electrons. The van der Waals surface area contributed by atoms with Gasteiger partial charge in [0.25, 0.3) is 0 Å². The predicted molar refractivity (Wildman–Crippen MR) is 75.2 cm³/mol. The van der Waals surface area contributed by atoms with E-state index in [0.29, 0.717) is 25.6 Å². The molecule has 0 unspecified atom stereocenters. The Kier molecular flexibility index (Phi) is 3.64. The third kappa shape index (κ3) is 3.33. The fourth-order valence-corrected chi connectivity index (χ4v) is 2.09. The molecule has 2 aromatic rings. The Morgan fingerprint density at radius 1 is 1.50 bits per heavy atom. The molecule has 0 aromatic carbocycles. The normalized spacial score (nSPS) is 14.7. The molecular formula is C14H19N5O. The van der Waals surface area contributed by atoms with Crippen molar-refractivity contribution in [1.29, 1.82) is 0 Å². The first-order valence-electron chi connectivity index (χ1n) is 7.02. The van der Waals surface area contributed by atoms with Gasteiger partial charge in [-0.15, -0.1) is 0 Å². The van der Waals surface area contributed by atoms with E-state index in [9.17, 15) is 4.79 Å². The number of hydrogen-bond donors (Lipinski definition) is 2. The van der Waals surface area contributed by atoms with Crippen LogP contribution in [0.2, 0.25) is 0 Å². The number of hydrogen-bond acceptors (Lipinski definition) is 4. The van der Waals surface area contributed by atoms with Crippen molar-refractivity contribution >= 4 is 11.6 Å². The number of fused-ring (bicyclic) bond motifs is 1. The summed E-state index contributed by atoms with van der Waals surface area (Å²) in [5.41, 5.74) is 2.87. The summed E-state index contributed by atoms with van der Waals surface area (Å²) in [4.78, 5) is 15.8. The van der Waals surface area contributed by atoms with Gasteiger partial charge in [0, 0.05) is 49.6 Å². The maximum absolute atomic E-state index is 11.5. The van der Waals surface area contributed by atoms with Gasteiger partial charge in [0.1, 0.15) is 0 Å². The van der Waals surface area contributed by atoms with Gasteiger partial charge in [0.15, 0.2) is 5.65 Å². The Balaban J connectivity index is 1.45. The lowest BCUT2D eigenvalue weighted by molar-refractivity contribution is -0.121. The van der Waals surface area contributed by atoms with Crippen LogP contribution in [0.15, 0.2) is 18.5 Å². The lowest BCUT2D eigenvalue weighted by atomic mass is 10.3. The van der Waals surface area contributed by atoms with E-state index >= 15 is 0 Å². The first kappa shape index (κ1) is 13.1. The van der Waals surface area contributed by atoms with Gasteiger partial charge < -0.3 is 10.6 Å². The van der Waals surface area contributed by atoms with Gasteiger partial charge in [-0.1, -0.05) is 0 Å². The zero-order valence-corrected chi connectivity index (χ0v) is 11.6. The Hall–Kier alpha value is -1.95. The number of nitrogens with zero attached hydrogens (tertiary/aromatic N) is 3. The Labute approximate surface area is 117 Å². The van der Waals surface area contributed by atoms with Crippen molar-refractivity contribution < 1.29 is 4.79 Å². The van der Waals surface area contributed by atoms with E-state index in [1.165, 1.54) is 0 Å². The standard InChI is InChI=1S/C14H19N5O/c1-10-6-13-16-8-11(9-19(13)18-10)7-15-5-4-14(20)17-12-2-3-12/h6,8-9,12,15H,2-5,7H2,1H3,(H,17,20). The number of nitrogens with one attached hydrogen (secondary N) is 2. The molecule has 0 atom stereocenters. The van der Waals surface area contributed by atoms with Gasteiger partial charge in [-0.3, -0.25) is 4.79 Å². The van der Waals surface area contributed by atoms with E-state index < -0.39 is 0 Å². The molecule has 1 saturated carbocycles. The van der Waals surface area contributed by atoms with E-state index in [1.54, 1.807) is 4.52 Å². The summed E-state index contributed by atoms with van der Waals surface area (Å²) in [6.07, 6.45) is 6.59. The minimum Gasteiger partial charge on any atom is -0.353 e. The summed E-state index contributed by atoms with van der Waals surface area (Å²) in [5.74, 6) is 0.135. The molecule has 6 heteroatoms. The van der Waals surface area contributed by atoms with Crippen LogP contribution in [-0.2, 0) is 11.3 Å². The molecule has 0 spiro atoms. The molecule has 6 nitrogen and oxygen atoms in total. The van der Waals surface area contributed by atoms with Crippen LogP contribution in [0.3, 0.4) is 0 Å². The Bertz CT molecular complexity index is 617. The molecule has 3 rings (SSSR count). The smallest absolute Gasteiger partial charge is 0.221 e. The molecule has 0 aliphatic heterocycles. The summed E-state index contributed by atoms with van der Waals surface area (Å²) in [5, 5.41) is 10.6. The van der Waals surface area contributed by atoms with E-state index in [0.717, 1.165) is 29.7 Å². The molecule has 1 aliphatic carbocycles. The van der Waals surface area contributed by atoms with E-state index in [-0.39, 0.29) is 5.91 Å². The van der Waals surface area contributed by atoms with Crippen molar-refractivity contribution in [2.45, 2.75) is 38.8 Å². The molecule has 106 valence electrons. The largest absolute Gasteiger partial charge is 0.353 e. The van der Waals surface area contributed by atoms with Gasteiger partial charge in [-0.25, -0.2) is 9.50 Å². The highest BCUT2D eigenvalue weighted by molar-refractivity contribution is 5.76. The topological polar surface area (TPSA) is 71.3 Å². The highest BCUT2D eigenvalue weighted by Gasteiger charge is 2.22. The average molecular weight is 273 g/mol. The Morgan fingerprint density at radius 3 is 3.15 bits per heavy atom. The quantitative estimate of drug-likeness (QED) is 0.764. The van der Waals surface area contributed by atoms with Crippen molar-refractivity contribution in [1.82, 2.24) is 25.2 Å². The summed E-state index contributed by atoms with van der Waals surface area (Å²) < 4.78 is 1.78. The number of rotatable bonds is 6. The maximum atomic E-state index is 11.5. The molecule has 0 saturated heterocycles. The number of carbonyl (C=O) groups is 1. The zero-order valence-electron chi connectivity index (χ0n) is 11.6. The molecule has 0 bridgehead atoms. The van der Waals surface area contributed by atoms with Crippen LogP contribution >= 0.6 is 0 Å². The second kappa shape index (κ2) is 5.58. The average Bonchev–Trinajstić information content (AvgIpc) is 3.13. The highest BCUT2D eigenvalue weighted by Crippen LogP contribution is 2.18. The van der Waals surface area contributed by atoms with Crippen LogP contribution in [0.1, 0.15) is 30.5 Å². The summed E-state index contributed by atoms with van der Waals surface area (Å²) in [6, 6.07) is 2.39. The summed E-state index contributed by atoms with van der Waals surface area (Å²) in [6.45, 7) is 3.32.